The van der Waals surface area contributed by atoms with E-state index >= 15 is 0 Å². The molecule has 2 N–H and O–H groups in total. The van der Waals surface area contributed by atoms with Crippen LogP contribution in [0.2, 0.25) is 0 Å². The van der Waals surface area contributed by atoms with Crippen molar-refractivity contribution in [3.05, 3.63) is 64.7 Å². The molecule has 5 heteroatoms. The largest absolute Gasteiger partial charge is 0.355 e. The Kier molecular flexibility index (Phi) is 7.48. The molecule has 0 bridgehead atoms. The number of carbonyl (C=O) groups is 1. The summed E-state index contributed by atoms with van der Waals surface area (Å²) in [4.78, 5) is 14.6. The topological polar surface area (TPSA) is 44.4 Å². The zero-order chi connectivity index (χ0) is 21.7. The van der Waals surface area contributed by atoms with Gasteiger partial charge >= 0.3 is 0 Å². The SMILES string of the molecule is Cc1ccc([C@H](NC(=S)Nc2ccc(C(=O)N3CCCCC3)cc2)C(C)C)c(C)c1. The number of hydrogen-bond acceptors (Lipinski definition) is 2. The minimum Gasteiger partial charge on any atom is -0.355 e. The van der Waals surface area contributed by atoms with Gasteiger partial charge < -0.3 is 15.5 Å². The summed E-state index contributed by atoms with van der Waals surface area (Å²) in [5.74, 6) is 0.507. The van der Waals surface area contributed by atoms with Gasteiger partial charge in [0.2, 0.25) is 0 Å². The summed E-state index contributed by atoms with van der Waals surface area (Å²) >= 11 is 5.59. The first-order valence-corrected chi connectivity index (χ1v) is 11.3. The number of benzene rings is 2. The lowest BCUT2D eigenvalue weighted by atomic mass is 9.92. The molecular weight excluding hydrogens is 390 g/mol. The number of piperidine rings is 1. The Labute approximate surface area is 186 Å². The molecule has 4 nitrogen and oxygen atoms in total. The molecule has 2 aromatic rings. The van der Waals surface area contributed by atoms with Gasteiger partial charge in [-0.1, -0.05) is 37.6 Å². The molecule has 1 amide bonds. The average Bonchev–Trinajstić information content (AvgIpc) is 2.73. The van der Waals surface area contributed by atoms with Gasteiger partial charge in [0.1, 0.15) is 0 Å². The molecule has 1 aliphatic heterocycles. The lowest BCUT2D eigenvalue weighted by Gasteiger charge is -2.27. The third-order valence-corrected chi connectivity index (χ3v) is 5.97. The fraction of sp³-hybridized carbons (Fsp3) is 0.440. The summed E-state index contributed by atoms with van der Waals surface area (Å²) < 4.78 is 0. The second kappa shape index (κ2) is 10.1. The van der Waals surface area contributed by atoms with E-state index in [4.69, 9.17) is 12.2 Å². The normalized spacial score (nSPS) is 15.0. The second-order valence-electron chi connectivity index (χ2n) is 8.61. The fourth-order valence-electron chi connectivity index (χ4n) is 4.06. The maximum absolute atomic E-state index is 12.6. The lowest BCUT2D eigenvalue weighted by molar-refractivity contribution is 0.0724. The van der Waals surface area contributed by atoms with E-state index in [0.29, 0.717) is 11.0 Å². The first-order chi connectivity index (χ1) is 14.3. The molecule has 1 heterocycles. The molecule has 0 aromatic heterocycles. The molecule has 1 fully saturated rings. The molecule has 1 atom stereocenters. The Morgan fingerprint density at radius 2 is 1.67 bits per heavy atom. The van der Waals surface area contributed by atoms with Crippen LogP contribution in [0.15, 0.2) is 42.5 Å². The van der Waals surface area contributed by atoms with Gasteiger partial charge in [-0.15, -0.1) is 0 Å². The first-order valence-electron chi connectivity index (χ1n) is 10.9. The van der Waals surface area contributed by atoms with E-state index in [9.17, 15) is 4.79 Å². The highest BCUT2D eigenvalue weighted by atomic mass is 32.1. The second-order valence-corrected chi connectivity index (χ2v) is 9.02. The maximum Gasteiger partial charge on any atom is 0.253 e. The van der Waals surface area contributed by atoms with Crippen molar-refractivity contribution in [3.63, 3.8) is 0 Å². The summed E-state index contributed by atoms with van der Waals surface area (Å²) in [6, 6.07) is 14.3. The Bertz CT molecular complexity index is 886. The van der Waals surface area contributed by atoms with Gasteiger partial charge in [0, 0.05) is 24.3 Å². The molecule has 0 spiro atoms. The minimum absolute atomic E-state index is 0.122. The molecule has 2 aromatic carbocycles. The van der Waals surface area contributed by atoms with Crippen LogP contribution in [0.25, 0.3) is 0 Å². The molecule has 3 rings (SSSR count). The van der Waals surface area contributed by atoms with Crippen LogP contribution in [-0.4, -0.2) is 29.0 Å². The third-order valence-electron chi connectivity index (χ3n) is 5.75. The molecule has 0 aliphatic carbocycles. The van der Waals surface area contributed by atoms with Crippen LogP contribution in [-0.2, 0) is 0 Å². The Morgan fingerprint density at radius 3 is 2.27 bits per heavy atom. The molecule has 160 valence electrons. The zero-order valence-corrected chi connectivity index (χ0v) is 19.3. The van der Waals surface area contributed by atoms with Crippen molar-refractivity contribution in [1.29, 1.82) is 0 Å². The molecule has 1 saturated heterocycles. The molecule has 0 radical (unpaired) electrons. The number of hydrogen-bond donors (Lipinski definition) is 2. The number of rotatable bonds is 5. The standard InChI is InChI=1S/C25H33N3OS/c1-17(2)23(22-13-8-18(3)16-19(22)4)27-25(30)26-21-11-9-20(10-12-21)24(29)28-14-6-5-7-15-28/h8-13,16-17,23H,5-7,14-15H2,1-4H3,(H2,26,27,30)/t23-/m1/s1. The maximum atomic E-state index is 12.6. The van der Waals surface area contributed by atoms with Crippen molar-refractivity contribution in [2.75, 3.05) is 18.4 Å². The highest BCUT2D eigenvalue weighted by Gasteiger charge is 2.20. The van der Waals surface area contributed by atoms with Gasteiger partial charge in [0.25, 0.3) is 5.91 Å². The molecule has 1 aliphatic rings. The fourth-order valence-corrected chi connectivity index (χ4v) is 4.31. The average molecular weight is 424 g/mol. The number of anilines is 1. The van der Waals surface area contributed by atoms with Crippen molar-refractivity contribution in [1.82, 2.24) is 10.2 Å². The Balaban J connectivity index is 1.63. The van der Waals surface area contributed by atoms with Crippen LogP contribution in [0, 0.1) is 19.8 Å². The molecular formula is C25H33N3OS. The van der Waals surface area contributed by atoms with E-state index in [1.807, 2.05) is 29.2 Å². The zero-order valence-electron chi connectivity index (χ0n) is 18.5. The first kappa shape index (κ1) is 22.3. The van der Waals surface area contributed by atoms with Crippen LogP contribution in [0.1, 0.15) is 66.2 Å². The number of thiocarbonyl (C=S) groups is 1. The highest BCUT2D eigenvalue weighted by molar-refractivity contribution is 7.80. The Morgan fingerprint density at radius 1 is 1.00 bits per heavy atom. The van der Waals surface area contributed by atoms with Crippen molar-refractivity contribution in [3.8, 4) is 0 Å². The van der Waals surface area contributed by atoms with Crippen molar-refractivity contribution in [2.24, 2.45) is 5.92 Å². The van der Waals surface area contributed by atoms with Gasteiger partial charge in [0.05, 0.1) is 6.04 Å². The van der Waals surface area contributed by atoms with Crippen LogP contribution < -0.4 is 10.6 Å². The van der Waals surface area contributed by atoms with Gasteiger partial charge in [-0.3, -0.25) is 4.79 Å². The van der Waals surface area contributed by atoms with E-state index in [1.54, 1.807) is 0 Å². The van der Waals surface area contributed by atoms with Crippen LogP contribution >= 0.6 is 12.2 Å². The minimum atomic E-state index is 0.122. The smallest absolute Gasteiger partial charge is 0.253 e. The molecule has 0 saturated carbocycles. The number of likely N-dealkylation sites (tertiary alicyclic amines) is 1. The van der Waals surface area contributed by atoms with E-state index in [1.165, 1.54) is 23.1 Å². The lowest BCUT2D eigenvalue weighted by Crippen LogP contribution is -2.36. The van der Waals surface area contributed by atoms with Gasteiger partial charge in [0.15, 0.2) is 5.11 Å². The van der Waals surface area contributed by atoms with Crippen LogP contribution in [0.5, 0.6) is 0 Å². The summed E-state index contributed by atoms with van der Waals surface area (Å²) in [6.07, 6.45) is 3.42. The quantitative estimate of drug-likeness (QED) is 0.613. The summed E-state index contributed by atoms with van der Waals surface area (Å²) in [5, 5.41) is 7.33. The molecule has 30 heavy (non-hydrogen) atoms. The van der Waals surface area contributed by atoms with Crippen molar-refractivity contribution in [2.45, 2.75) is 53.0 Å². The number of nitrogens with zero attached hydrogens (tertiary/aromatic N) is 1. The van der Waals surface area contributed by atoms with E-state index in [2.05, 4.69) is 56.5 Å². The predicted molar refractivity (Wildman–Crippen MR) is 129 cm³/mol. The third kappa shape index (κ3) is 5.60. The van der Waals surface area contributed by atoms with E-state index < -0.39 is 0 Å². The Hall–Kier alpha value is -2.40. The molecule has 0 unspecified atom stereocenters. The number of aryl methyl sites for hydroxylation is 2. The van der Waals surface area contributed by atoms with Crippen LogP contribution in [0.4, 0.5) is 5.69 Å². The predicted octanol–water partition coefficient (Wildman–Crippen LogP) is 5.61. The van der Waals surface area contributed by atoms with Gasteiger partial charge in [-0.25, -0.2) is 0 Å². The summed E-state index contributed by atoms with van der Waals surface area (Å²) in [7, 11) is 0. The summed E-state index contributed by atoms with van der Waals surface area (Å²) in [6.45, 7) is 10.4. The van der Waals surface area contributed by atoms with Crippen LogP contribution in [0.3, 0.4) is 0 Å². The number of carbonyl (C=O) groups excluding carboxylic acids is 1. The van der Waals surface area contributed by atoms with Crippen molar-refractivity contribution < 1.29 is 4.79 Å². The highest BCUT2D eigenvalue weighted by Crippen LogP contribution is 2.26. The van der Waals surface area contributed by atoms with Gasteiger partial charge in [-0.2, -0.15) is 0 Å². The monoisotopic (exact) mass is 423 g/mol. The number of amides is 1. The van der Waals surface area contributed by atoms with Crippen molar-refractivity contribution >= 4 is 28.9 Å². The van der Waals surface area contributed by atoms with E-state index in [-0.39, 0.29) is 11.9 Å². The van der Waals surface area contributed by atoms with E-state index in [0.717, 1.165) is 37.2 Å². The van der Waals surface area contributed by atoms with Gasteiger partial charge in [-0.05, 0) is 86.6 Å². The summed E-state index contributed by atoms with van der Waals surface area (Å²) in [5.41, 5.74) is 5.41. The number of nitrogens with one attached hydrogen (secondary N) is 2.